The van der Waals surface area contributed by atoms with Gasteiger partial charge in [-0.15, -0.1) is 5.10 Å². The summed E-state index contributed by atoms with van der Waals surface area (Å²) in [4.78, 5) is 0. The number of H-pyrrole nitrogens is 1. The molecule has 0 aromatic carbocycles. The Morgan fingerprint density at radius 3 is 3.00 bits per heavy atom. The first-order valence-corrected chi connectivity index (χ1v) is 5.18. The van der Waals surface area contributed by atoms with E-state index >= 15 is 0 Å². The minimum atomic E-state index is 0.693. The summed E-state index contributed by atoms with van der Waals surface area (Å²) in [5.74, 6) is 0.693. The van der Waals surface area contributed by atoms with Crippen LogP contribution in [0.15, 0.2) is 6.07 Å². The molecule has 0 amide bonds. The smallest absolute Gasteiger partial charge is 0.232 e. The summed E-state index contributed by atoms with van der Waals surface area (Å²) < 4.78 is 5.42. The third-order valence-corrected chi connectivity index (χ3v) is 1.86. The zero-order valence-corrected chi connectivity index (χ0v) is 8.97. The molecule has 0 fully saturated rings. The molecule has 0 aliphatic rings. The van der Waals surface area contributed by atoms with Gasteiger partial charge in [-0.25, -0.2) is 0 Å². The van der Waals surface area contributed by atoms with Crippen LogP contribution in [0.25, 0.3) is 0 Å². The second kappa shape index (κ2) is 6.43. The number of ether oxygens (including phenoxy) is 1. The molecule has 0 bridgehead atoms. The first kappa shape index (κ1) is 11.0. The lowest BCUT2D eigenvalue weighted by Gasteiger charge is -2.03. The maximum atomic E-state index is 5.42. The van der Waals surface area contributed by atoms with Crippen LogP contribution in [0.2, 0.25) is 0 Å². The molecule has 0 saturated heterocycles. The van der Waals surface area contributed by atoms with Crippen LogP contribution >= 0.6 is 0 Å². The molecule has 80 valence electrons. The molecule has 0 aliphatic heterocycles. The highest BCUT2D eigenvalue weighted by Crippen LogP contribution is 2.06. The Kier molecular flexibility index (Phi) is 5.07. The predicted octanol–water partition coefficient (Wildman–Crippen LogP) is 1.49. The highest BCUT2D eigenvalue weighted by atomic mass is 16.5. The molecule has 1 heterocycles. The number of aromatic amines is 1. The number of rotatable bonds is 7. The minimum Gasteiger partial charge on any atom is -0.477 e. The van der Waals surface area contributed by atoms with Crippen LogP contribution in [0.5, 0.6) is 5.88 Å². The van der Waals surface area contributed by atoms with Gasteiger partial charge < -0.3 is 10.1 Å². The van der Waals surface area contributed by atoms with E-state index in [0.717, 1.165) is 31.8 Å². The molecule has 1 aromatic heterocycles. The maximum absolute atomic E-state index is 5.42. The van der Waals surface area contributed by atoms with Crippen molar-refractivity contribution in [1.29, 1.82) is 0 Å². The molecule has 1 rings (SSSR count). The highest BCUT2D eigenvalue weighted by molar-refractivity contribution is 5.11. The second-order valence-electron chi connectivity index (χ2n) is 3.34. The van der Waals surface area contributed by atoms with Gasteiger partial charge in [0.25, 0.3) is 0 Å². The summed E-state index contributed by atoms with van der Waals surface area (Å²) in [6, 6.07) is 1.90. The van der Waals surface area contributed by atoms with E-state index in [-0.39, 0.29) is 0 Å². The van der Waals surface area contributed by atoms with E-state index in [0.29, 0.717) is 5.88 Å². The van der Waals surface area contributed by atoms with E-state index < -0.39 is 0 Å². The lowest BCUT2D eigenvalue weighted by Crippen LogP contribution is -2.18. The van der Waals surface area contributed by atoms with Crippen LogP contribution in [0.3, 0.4) is 0 Å². The molecule has 0 atom stereocenters. The molecule has 0 aliphatic carbocycles. The van der Waals surface area contributed by atoms with Crippen molar-refractivity contribution in [3.8, 4) is 5.88 Å². The van der Waals surface area contributed by atoms with Gasteiger partial charge in [0.1, 0.15) is 0 Å². The Bertz CT molecular complexity index is 247. The monoisotopic (exact) mass is 197 g/mol. The van der Waals surface area contributed by atoms with Crippen molar-refractivity contribution in [2.24, 2.45) is 0 Å². The molecule has 4 heteroatoms. The first-order valence-electron chi connectivity index (χ1n) is 5.18. The molecule has 4 nitrogen and oxygen atoms in total. The number of nitrogens with zero attached hydrogens (tertiary/aromatic N) is 1. The van der Waals surface area contributed by atoms with Crippen molar-refractivity contribution in [2.75, 3.05) is 19.7 Å². The van der Waals surface area contributed by atoms with E-state index in [2.05, 4.69) is 22.4 Å². The minimum absolute atomic E-state index is 0.693. The molecular weight excluding hydrogens is 178 g/mol. The van der Waals surface area contributed by atoms with Crippen molar-refractivity contribution in [1.82, 2.24) is 15.5 Å². The molecule has 0 saturated carbocycles. The Hall–Kier alpha value is -1.03. The standard InChI is InChI=1S/C10H19N3O/c1-3-5-11-6-4-7-14-10-8-9(2)12-13-10/h8,11H,3-7H2,1-2H3,(H,12,13). The average molecular weight is 197 g/mol. The fourth-order valence-corrected chi connectivity index (χ4v) is 1.14. The van der Waals surface area contributed by atoms with Crippen molar-refractivity contribution < 1.29 is 4.74 Å². The lowest BCUT2D eigenvalue weighted by molar-refractivity contribution is 0.296. The van der Waals surface area contributed by atoms with E-state index in [1.54, 1.807) is 0 Å². The molecular formula is C10H19N3O. The normalized spacial score (nSPS) is 10.4. The molecule has 0 unspecified atom stereocenters. The van der Waals surface area contributed by atoms with Crippen molar-refractivity contribution in [3.05, 3.63) is 11.8 Å². The van der Waals surface area contributed by atoms with Gasteiger partial charge in [-0.3, -0.25) is 5.10 Å². The Morgan fingerprint density at radius 2 is 2.36 bits per heavy atom. The SMILES string of the molecule is CCCNCCCOc1cc(C)[nH]n1. The fraction of sp³-hybridized carbons (Fsp3) is 0.700. The summed E-state index contributed by atoms with van der Waals surface area (Å²) in [5.41, 5.74) is 1.03. The number of aromatic nitrogens is 2. The van der Waals surface area contributed by atoms with E-state index in [9.17, 15) is 0 Å². The molecule has 1 aromatic rings. The zero-order chi connectivity index (χ0) is 10.2. The van der Waals surface area contributed by atoms with Crippen LogP contribution < -0.4 is 10.1 Å². The van der Waals surface area contributed by atoms with Gasteiger partial charge >= 0.3 is 0 Å². The average Bonchev–Trinajstić information content (AvgIpc) is 2.58. The van der Waals surface area contributed by atoms with Crippen molar-refractivity contribution in [2.45, 2.75) is 26.7 Å². The number of nitrogens with one attached hydrogen (secondary N) is 2. The summed E-state index contributed by atoms with van der Waals surface area (Å²) in [6.07, 6.45) is 2.20. The maximum Gasteiger partial charge on any atom is 0.232 e. The van der Waals surface area contributed by atoms with Gasteiger partial charge in [0, 0.05) is 11.8 Å². The fourth-order valence-electron chi connectivity index (χ4n) is 1.14. The number of aryl methyl sites for hydroxylation is 1. The van der Waals surface area contributed by atoms with Gasteiger partial charge in [-0.1, -0.05) is 6.92 Å². The molecule has 14 heavy (non-hydrogen) atoms. The van der Waals surface area contributed by atoms with E-state index in [4.69, 9.17) is 4.74 Å². The Labute approximate surface area is 85.0 Å². The Balaban J connectivity index is 1.99. The van der Waals surface area contributed by atoms with Gasteiger partial charge in [0.15, 0.2) is 0 Å². The van der Waals surface area contributed by atoms with E-state index in [1.807, 2.05) is 13.0 Å². The number of hydrogen-bond acceptors (Lipinski definition) is 3. The van der Waals surface area contributed by atoms with Gasteiger partial charge in [0.2, 0.25) is 5.88 Å². The topological polar surface area (TPSA) is 49.9 Å². The van der Waals surface area contributed by atoms with Crippen molar-refractivity contribution in [3.63, 3.8) is 0 Å². The van der Waals surface area contributed by atoms with Crippen LogP contribution in [-0.4, -0.2) is 29.9 Å². The second-order valence-corrected chi connectivity index (χ2v) is 3.34. The zero-order valence-electron chi connectivity index (χ0n) is 8.97. The van der Waals surface area contributed by atoms with E-state index in [1.165, 1.54) is 6.42 Å². The quantitative estimate of drug-likeness (QED) is 0.651. The highest BCUT2D eigenvalue weighted by Gasteiger charge is 1.96. The third kappa shape index (κ3) is 4.28. The van der Waals surface area contributed by atoms with Crippen molar-refractivity contribution >= 4 is 0 Å². The summed E-state index contributed by atoms with van der Waals surface area (Å²) in [6.45, 7) is 6.94. The molecule has 0 radical (unpaired) electrons. The summed E-state index contributed by atoms with van der Waals surface area (Å²) in [5, 5.41) is 10.1. The van der Waals surface area contributed by atoms with Gasteiger partial charge in [-0.05, 0) is 32.9 Å². The van der Waals surface area contributed by atoms with Gasteiger partial charge in [0.05, 0.1) is 6.61 Å². The Morgan fingerprint density at radius 1 is 1.50 bits per heavy atom. The lowest BCUT2D eigenvalue weighted by atomic mass is 10.4. The van der Waals surface area contributed by atoms with Crippen LogP contribution in [0.1, 0.15) is 25.5 Å². The summed E-state index contributed by atoms with van der Waals surface area (Å²) in [7, 11) is 0. The van der Waals surface area contributed by atoms with Crippen LogP contribution in [0, 0.1) is 6.92 Å². The predicted molar refractivity (Wildman–Crippen MR) is 56.6 cm³/mol. The third-order valence-electron chi connectivity index (χ3n) is 1.86. The van der Waals surface area contributed by atoms with Gasteiger partial charge in [-0.2, -0.15) is 0 Å². The first-order chi connectivity index (χ1) is 6.83. The number of hydrogen-bond donors (Lipinski definition) is 2. The molecule has 2 N–H and O–H groups in total. The summed E-state index contributed by atoms with van der Waals surface area (Å²) >= 11 is 0. The molecule has 0 spiro atoms. The van der Waals surface area contributed by atoms with Crippen LogP contribution in [0.4, 0.5) is 0 Å². The largest absolute Gasteiger partial charge is 0.477 e. The van der Waals surface area contributed by atoms with Crippen LogP contribution in [-0.2, 0) is 0 Å².